The van der Waals surface area contributed by atoms with Crippen LogP contribution >= 0.6 is 0 Å². The van der Waals surface area contributed by atoms with Crippen LogP contribution in [0.25, 0.3) is 10.9 Å². The van der Waals surface area contributed by atoms with Crippen molar-refractivity contribution in [2.24, 2.45) is 0 Å². The van der Waals surface area contributed by atoms with E-state index in [0.717, 1.165) is 55.9 Å². The first-order chi connectivity index (χ1) is 15.9. The van der Waals surface area contributed by atoms with E-state index in [1.165, 1.54) is 11.1 Å². The van der Waals surface area contributed by atoms with E-state index in [9.17, 15) is 13.2 Å². The van der Waals surface area contributed by atoms with Gasteiger partial charge in [0.2, 0.25) is 0 Å². The van der Waals surface area contributed by atoms with Crippen LogP contribution in [-0.2, 0) is 14.9 Å². The van der Waals surface area contributed by atoms with E-state index in [2.05, 4.69) is 50.5 Å². The molecule has 1 aliphatic heterocycles. The third kappa shape index (κ3) is 7.51. The molecule has 0 bridgehead atoms. The van der Waals surface area contributed by atoms with Crippen molar-refractivity contribution in [3.05, 3.63) is 29.6 Å². The molecule has 1 aromatic heterocycles. The maximum absolute atomic E-state index is 12.0. The number of nitrogens with zero attached hydrogens (tertiary/aromatic N) is 4. The van der Waals surface area contributed by atoms with E-state index in [1.54, 1.807) is 27.1 Å². The summed E-state index contributed by atoms with van der Waals surface area (Å²) in [4.78, 5) is 25.4. The molecule has 34 heavy (non-hydrogen) atoms. The third-order valence-electron chi connectivity index (χ3n) is 5.68. The summed E-state index contributed by atoms with van der Waals surface area (Å²) in [6.45, 7) is 13.7. The molecule has 11 heteroatoms. The minimum Gasteiger partial charge on any atom is -0.443 e. The van der Waals surface area contributed by atoms with E-state index in [4.69, 9.17) is 4.74 Å². The summed E-state index contributed by atoms with van der Waals surface area (Å²) in [6.07, 6.45) is 2.26. The smallest absolute Gasteiger partial charge is 0.422 e. The van der Waals surface area contributed by atoms with Gasteiger partial charge in [-0.15, -0.1) is 0 Å². The summed E-state index contributed by atoms with van der Waals surface area (Å²) < 4.78 is 33.3. The summed E-state index contributed by atoms with van der Waals surface area (Å²) in [7, 11) is -3.95. The van der Waals surface area contributed by atoms with Gasteiger partial charge in [0.1, 0.15) is 17.7 Å². The van der Waals surface area contributed by atoms with Gasteiger partial charge in [0, 0.05) is 31.6 Å². The number of carbonyl (C=O) groups is 1. The fourth-order valence-electron chi connectivity index (χ4n) is 3.91. The van der Waals surface area contributed by atoms with Gasteiger partial charge in [-0.3, -0.25) is 0 Å². The maximum atomic E-state index is 12.0. The molecule has 0 saturated carbocycles. The first kappa shape index (κ1) is 26.1. The molecule has 0 aliphatic carbocycles. The molecule has 2 aromatic rings. The van der Waals surface area contributed by atoms with Gasteiger partial charge in [-0.25, -0.2) is 19.5 Å². The van der Waals surface area contributed by atoms with Gasteiger partial charge >= 0.3 is 16.3 Å². The quantitative estimate of drug-likeness (QED) is 0.567. The Bertz CT molecular complexity index is 1120. The molecule has 188 valence electrons. The standard InChI is InChI=1S/C23H36N6O4S/c1-17-14-19-20(15-18(17)2)24-16-25-21(19)29-11-7-10-28(12-13-29)9-6-8-26-34(31,32)27-22(30)33-23(3,4)5/h14-16,26H,6-13H2,1-5H3,(H,27,30). The summed E-state index contributed by atoms with van der Waals surface area (Å²) in [5.41, 5.74) is 2.64. The topological polar surface area (TPSA) is 117 Å². The molecule has 1 amide bonds. The summed E-state index contributed by atoms with van der Waals surface area (Å²) in [6, 6.07) is 4.28. The summed E-state index contributed by atoms with van der Waals surface area (Å²) in [5, 5.41) is 1.07. The second kappa shape index (κ2) is 10.8. The lowest BCUT2D eigenvalue weighted by Gasteiger charge is -2.24. The molecular weight excluding hydrogens is 456 g/mol. The number of carbonyl (C=O) groups excluding carboxylic acids is 1. The van der Waals surface area contributed by atoms with Gasteiger partial charge in [0.05, 0.1) is 5.52 Å². The number of hydrogen-bond donors (Lipinski definition) is 2. The average Bonchev–Trinajstić information content (AvgIpc) is 2.95. The molecule has 1 aliphatic rings. The van der Waals surface area contributed by atoms with E-state index in [1.807, 2.05) is 4.72 Å². The van der Waals surface area contributed by atoms with E-state index < -0.39 is 21.9 Å². The van der Waals surface area contributed by atoms with Crippen molar-refractivity contribution in [3.63, 3.8) is 0 Å². The number of nitrogens with one attached hydrogen (secondary N) is 2. The molecule has 1 aromatic carbocycles. The van der Waals surface area contributed by atoms with E-state index >= 15 is 0 Å². The Hall–Kier alpha value is -2.50. The Morgan fingerprint density at radius 1 is 1.09 bits per heavy atom. The number of fused-ring (bicyclic) bond motifs is 1. The van der Waals surface area contributed by atoms with Crippen LogP contribution < -0.4 is 14.3 Å². The van der Waals surface area contributed by atoms with Crippen LogP contribution in [-0.4, -0.2) is 74.2 Å². The van der Waals surface area contributed by atoms with E-state index in [0.29, 0.717) is 6.42 Å². The molecule has 2 heterocycles. The Kier molecular flexibility index (Phi) is 8.32. The van der Waals surface area contributed by atoms with Crippen LogP contribution in [0.5, 0.6) is 0 Å². The number of aromatic nitrogens is 2. The predicted octanol–water partition coefficient (Wildman–Crippen LogP) is 2.51. The van der Waals surface area contributed by atoms with Crippen molar-refractivity contribution in [1.82, 2.24) is 24.3 Å². The highest BCUT2D eigenvalue weighted by molar-refractivity contribution is 7.88. The van der Waals surface area contributed by atoms with Crippen molar-refractivity contribution in [3.8, 4) is 0 Å². The second-order valence-electron chi connectivity index (χ2n) is 9.69. The van der Waals surface area contributed by atoms with Crippen LogP contribution in [0, 0.1) is 13.8 Å². The molecule has 0 unspecified atom stereocenters. The van der Waals surface area contributed by atoms with Crippen LogP contribution in [0.15, 0.2) is 18.5 Å². The molecule has 3 rings (SSSR count). The Balaban J connectivity index is 1.49. The Morgan fingerprint density at radius 3 is 2.56 bits per heavy atom. The Labute approximate surface area is 202 Å². The number of benzene rings is 1. The molecule has 0 radical (unpaired) electrons. The maximum Gasteiger partial charge on any atom is 0.422 e. The number of aryl methyl sites for hydroxylation is 2. The predicted molar refractivity (Wildman–Crippen MR) is 133 cm³/mol. The van der Waals surface area contributed by atoms with Crippen LogP contribution in [0.2, 0.25) is 0 Å². The Morgan fingerprint density at radius 2 is 1.82 bits per heavy atom. The lowest BCUT2D eigenvalue weighted by atomic mass is 10.1. The van der Waals surface area contributed by atoms with Gasteiger partial charge in [-0.05, 0) is 83.8 Å². The first-order valence-electron chi connectivity index (χ1n) is 11.6. The van der Waals surface area contributed by atoms with Gasteiger partial charge in [0.25, 0.3) is 0 Å². The zero-order chi connectivity index (χ0) is 24.9. The lowest BCUT2D eigenvalue weighted by molar-refractivity contribution is 0.0569. The lowest BCUT2D eigenvalue weighted by Crippen LogP contribution is -2.43. The largest absolute Gasteiger partial charge is 0.443 e. The first-order valence-corrected chi connectivity index (χ1v) is 13.1. The van der Waals surface area contributed by atoms with Gasteiger partial charge < -0.3 is 14.5 Å². The molecule has 10 nitrogen and oxygen atoms in total. The average molecular weight is 493 g/mol. The third-order valence-corrected chi connectivity index (χ3v) is 6.70. The van der Waals surface area contributed by atoms with Crippen molar-refractivity contribution >= 4 is 33.0 Å². The normalized spacial score (nSPS) is 15.9. The van der Waals surface area contributed by atoms with Gasteiger partial charge in [-0.2, -0.15) is 13.1 Å². The second-order valence-corrected chi connectivity index (χ2v) is 11.2. The highest BCUT2D eigenvalue weighted by Gasteiger charge is 2.22. The fraction of sp³-hybridized carbons (Fsp3) is 0.609. The molecule has 1 fully saturated rings. The van der Waals surface area contributed by atoms with E-state index in [-0.39, 0.29) is 6.54 Å². The summed E-state index contributed by atoms with van der Waals surface area (Å²) >= 11 is 0. The number of rotatable bonds is 7. The molecule has 0 atom stereocenters. The van der Waals surface area contributed by atoms with Crippen molar-refractivity contribution in [2.45, 2.75) is 53.1 Å². The number of amides is 1. The molecular formula is C23H36N6O4S. The van der Waals surface area contributed by atoms with Crippen LogP contribution in [0.4, 0.5) is 10.6 Å². The van der Waals surface area contributed by atoms with Crippen molar-refractivity contribution in [2.75, 3.05) is 44.2 Å². The van der Waals surface area contributed by atoms with Crippen LogP contribution in [0.1, 0.15) is 44.7 Å². The van der Waals surface area contributed by atoms with Gasteiger partial charge in [-0.1, -0.05) is 0 Å². The zero-order valence-electron chi connectivity index (χ0n) is 20.7. The van der Waals surface area contributed by atoms with Crippen molar-refractivity contribution < 1.29 is 17.9 Å². The van der Waals surface area contributed by atoms with Crippen LogP contribution in [0.3, 0.4) is 0 Å². The minimum absolute atomic E-state index is 0.230. The summed E-state index contributed by atoms with van der Waals surface area (Å²) in [5.74, 6) is 0.968. The monoisotopic (exact) mass is 492 g/mol. The fourth-order valence-corrected chi connectivity index (χ4v) is 4.66. The van der Waals surface area contributed by atoms with Gasteiger partial charge in [0.15, 0.2) is 0 Å². The number of anilines is 1. The molecule has 1 saturated heterocycles. The molecule has 0 spiro atoms. The molecule has 2 N–H and O–H groups in total. The SMILES string of the molecule is Cc1cc2ncnc(N3CCCN(CCCNS(=O)(=O)NC(=O)OC(C)(C)C)CC3)c2cc1C. The highest BCUT2D eigenvalue weighted by atomic mass is 32.2. The highest BCUT2D eigenvalue weighted by Crippen LogP contribution is 2.26. The number of ether oxygens (including phenoxy) is 1. The zero-order valence-corrected chi connectivity index (χ0v) is 21.5. The van der Waals surface area contributed by atoms with Crippen molar-refractivity contribution in [1.29, 1.82) is 0 Å². The minimum atomic E-state index is -3.95. The number of hydrogen-bond acceptors (Lipinski definition) is 8.